The molecule has 1 heterocycles. The molecular weight excluding hydrogens is 269 g/mol. The Labute approximate surface area is 110 Å². The fourth-order valence-electron chi connectivity index (χ4n) is 1.75. The van der Waals surface area contributed by atoms with Crippen molar-refractivity contribution < 1.29 is 12.8 Å². The minimum atomic E-state index is -3.67. The summed E-state index contributed by atoms with van der Waals surface area (Å²) in [6.45, 7) is 3.27. The Balaban J connectivity index is 2.24. The second kappa shape index (κ2) is 5.10. The maximum absolute atomic E-state index is 13.1. The van der Waals surface area contributed by atoms with Gasteiger partial charge in [-0.1, -0.05) is 12.1 Å². The van der Waals surface area contributed by atoms with E-state index in [1.165, 1.54) is 18.3 Å². The van der Waals surface area contributed by atoms with Crippen LogP contribution in [0.2, 0.25) is 0 Å². The van der Waals surface area contributed by atoms with E-state index < -0.39 is 21.9 Å². The lowest BCUT2D eigenvalue weighted by Gasteiger charge is -2.14. The van der Waals surface area contributed by atoms with Crippen molar-refractivity contribution in [2.75, 3.05) is 0 Å². The highest BCUT2D eigenvalue weighted by Crippen LogP contribution is 2.18. The van der Waals surface area contributed by atoms with E-state index in [1.807, 2.05) is 0 Å². The Bertz CT molecular complexity index is 682. The molecule has 1 aromatic heterocycles. The van der Waals surface area contributed by atoms with Crippen LogP contribution in [0.3, 0.4) is 0 Å². The number of nitrogens with zero attached hydrogens (tertiary/aromatic N) is 1. The lowest BCUT2D eigenvalue weighted by molar-refractivity contribution is 0.564. The quantitative estimate of drug-likeness (QED) is 0.900. The molecule has 0 bridgehead atoms. The first kappa shape index (κ1) is 13.7. The Morgan fingerprint density at radius 2 is 2.16 bits per heavy atom. The number of halogens is 1. The van der Waals surface area contributed by atoms with Gasteiger partial charge >= 0.3 is 0 Å². The van der Waals surface area contributed by atoms with E-state index in [2.05, 4.69) is 14.9 Å². The number of sulfonamides is 1. The molecule has 0 aliphatic heterocycles. The molecule has 0 aliphatic rings. The SMILES string of the molecule is Cc1[nH]ncc1S(=O)(=O)NC(C)c1cccc(F)c1. The first-order chi connectivity index (χ1) is 8.90. The monoisotopic (exact) mass is 283 g/mol. The number of hydrogen-bond donors (Lipinski definition) is 2. The molecule has 2 aromatic rings. The molecule has 0 radical (unpaired) electrons. The third-order valence-electron chi connectivity index (χ3n) is 2.75. The lowest BCUT2D eigenvalue weighted by Crippen LogP contribution is -2.27. The van der Waals surface area contributed by atoms with Gasteiger partial charge < -0.3 is 0 Å². The molecule has 0 spiro atoms. The number of aromatic amines is 1. The number of aromatic nitrogens is 2. The molecule has 1 atom stereocenters. The average molecular weight is 283 g/mol. The van der Waals surface area contributed by atoms with E-state index in [0.29, 0.717) is 11.3 Å². The standard InChI is InChI=1S/C12H14FN3O2S/c1-8(10-4-3-5-11(13)6-10)16-19(17,18)12-7-14-15-9(12)2/h3-8,16H,1-2H3,(H,14,15). The molecule has 0 aliphatic carbocycles. The largest absolute Gasteiger partial charge is 0.281 e. The highest BCUT2D eigenvalue weighted by molar-refractivity contribution is 7.89. The van der Waals surface area contributed by atoms with Crippen molar-refractivity contribution in [1.29, 1.82) is 0 Å². The molecule has 0 saturated carbocycles. The maximum Gasteiger partial charge on any atom is 0.244 e. The second-order valence-corrected chi connectivity index (χ2v) is 5.94. The Morgan fingerprint density at radius 1 is 1.42 bits per heavy atom. The van der Waals surface area contributed by atoms with E-state index >= 15 is 0 Å². The Morgan fingerprint density at radius 3 is 2.74 bits per heavy atom. The van der Waals surface area contributed by atoms with Crippen LogP contribution in [0.4, 0.5) is 4.39 Å². The lowest BCUT2D eigenvalue weighted by atomic mass is 10.1. The van der Waals surface area contributed by atoms with Crippen LogP contribution in [0.1, 0.15) is 24.2 Å². The number of aryl methyl sites for hydroxylation is 1. The van der Waals surface area contributed by atoms with Crippen LogP contribution in [-0.2, 0) is 10.0 Å². The maximum atomic E-state index is 13.1. The number of hydrogen-bond acceptors (Lipinski definition) is 3. The predicted octanol–water partition coefficient (Wildman–Crippen LogP) is 1.90. The second-order valence-electron chi connectivity index (χ2n) is 4.26. The highest BCUT2D eigenvalue weighted by atomic mass is 32.2. The number of rotatable bonds is 4. The van der Waals surface area contributed by atoms with Gasteiger partial charge in [0, 0.05) is 6.04 Å². The molecule has 0 amide bonds. The van der Waals surface area contributed by atoms with Gasteiger partial charge in [0.1, 0.15) is 10.7 Å². The van der Waals surface area contributed by atoms with Crippen LogP contribution < -0.4 is 4.72 Å². The van der Waals surface area contributed by atoms with Crippen LogP contribution in [0.25, 0.3) is 0 Å². The van der Waals surface area contributed by atoms with Crippen molar-refractivity contribution in [3.05, 3.63) is 47.5 Å². The number of nitrogens with one attached hydrogen (secondary N) is 2. The van der Waals surface area contributed by atoms with Crippen molar-refractivity contribution in [3.63, 3.8) is 0 Å². The van der Waals surface area contributed by atoms with Gasteiger partial charge in [0.15, 0.2) is 0 Å². The van der Waals surface area contributed by atoms with Crippen LogP contribution >= 0.6 is 0 Å². The third kappa shape index (κ3) is 2.99. The third-order valence-corrected chi connectivity index (χ3v) is 4.41. The average Bonchev–Trinajstić information content (AvgIpc) is 2.75. The zero-order valence-corrected chi connectivity index (χ0v) is 11.3. The summed E-state index contributed by atoms with van der Waals surface area (Å²) in [5.74, 6) is -0.400. The summed E-state index contributed by atoms with van der Waals surface area (Å²) in [5, 5.41) is 6.25. The highest BCUT2D eigenvalue weighted by Gasteiger charge is 2.21. The van der Waals surface area contributed by atoms with Crippen molar-refractivity contribution in [2.24, 2.45) is 0 Å². The number of H-pyrrole nitrogens is 1. The minimum Gasteiger partial charge on any atom is -0.281 e. The molecule has 7 heteroatoms. The van der Waals surface area contributed by atoms with E-state index in [-0.39, 0.29) is 4.90 Å². The summed E-state index contributed by atoms with van der Waals surface area (Å²) in [5.41, 5.74) is 1.02. The fourth-order valence-corrected chi connectivity index (χ4v) is 3.12. The van der Waals surface area contributed by atoms with Crippen molar-refractivity contribution in [1.82, 2.24) is 14.9 Å². The molecule has 19 heavy (non-hydrogen) atoms. The molecule has 1 aromatic carbocycles. The minimum absolute atomic E-state index is 0.0933. The van der Waals surface area contributed by atoms with Gasteiger partial charge in [-0.3, -0.25) is 5.10 Å². The van der Waals surface area contributed by atoms with Gasteiger partial charge in [0.25, 0.3) is 0 Å². The summed E-state index contributed by atoms with van der Waals surface area (Å²) in [6, 6.07) is 5.28. The predicted molar refractivity (Wildman–Crippen MR) is 68.5 cm³/mol. The molecule has 0 saturated heterocycles. The summed E-state index contributed by atoms with van der Waals surface area (Å²) in [4.78, 5) is 0.0933. The van der Waals surface area contributed by atoms with Crippen LogP contribution in [0.5, 0.6) is 0 Å². The molecular formula is C12H14FN3O2S. The summed E-state index contributed by atoms with van der Waals surface area (Å²) < 4.78 is 39.8. The van der Waals surface area contributed by atoms with Gasteiger partial charge in [-0.15, -0.1) is 0 Å². The molecule has 2 N–H and O–H groups in total. The molecule has 102 valence electrons. The zero-order valence-electron chi connectivity index (χ0n) is 10.5. The van der Waals surface area contributed by atoms with Crippen LogP contribution in [-0.4, -0.2) is 18.6 Å². The van der Waals surface area contributed by atoms with Gasteiger partial charge in [-0.25, -0.2) is 17.5 Å². The Hall–Kier alpha value is -1.73. The van der Waals surface area contributed by atoms with Gasteiger partial charge in [0.2, 0.25) is 10.0 Å². The van der Waals surface area contributed by atoms with Crippen molar-refractivity contribution in [3.8, 4) is 0 Å². The first-order valence-corrected chi connectivity index (χ1v) is 7.16. The van der Waals surface area contributed by atoms with Gasteiger partial charge in [-0.2, -0.15) is 5.10 Å². The van der Waals surface area contributed by atoms with Crippen molar-refractivity contribution in [2.45, 2.75) is 24.8 Å². The van der Waals surface area contributed by atoms with Gasteiger partial charge in [0.05, 0.1) is 11.9 Å². The van der Waals surface area contributed by atoms with E-state index in [1.54, 1.807) is 26.0 Å². The molecule has 5 nitrogen and oxygen atoms in total. The zero-order chi connectivity index (χ0) is 14.0. The van der Waals surface area contributed by atoms with Crippen molar-refractivity contribution >= 4 is 10.0 Å². The Kier molecular flexibility index (Phi) is 3.68. The van der Waals surface area contributed by atoms with E-state index in [4.69, 9.17) is 0 Å². The normalized spacial score (nSPS) is 13.4. The topological polar surface area (TPSA) is 74.8 Å². The van der Waals surface area contributed by atoms with Crippen LogP contribution in [0, 0.1) is 12.7 Å². The van der Waals surface area contributed by atoms with Gasteiger partial charge in [-0.05, 0) is 31.5 Å². The summed E-state index contributed by atoms with van der Waals surface area (Å²) in [7, 11) is -3.67. The number of benzene rings is 1. The smallest absolute Gasteiger partial charge is 0.244 e. The van der Waals surface area contributed by atoms with E-state index in [9.17, 15) is 12.8 Å². The molecule has 0 fully saturated rings. The molecule has 1 unspecified atom stereocenters. The van der Waals surface area contributed by atoms with E-state index in [0.717, 1.165) is 0 Å². The summed E-state index contributed by atoms with van der Waals surface area (Å²) in [6.07, 6.45) is 1.25. The first-order valence-electron chi connectivity index (χ1n) is 5.68. The van der Waals surface area contributed by atoms with Crippen LogP contribution in [0.15, 0.2) is 35.4 Å². The summed E-state index contributed by atoms with van der Waals surface area (Å²) >= 11 is 0. The fraction of sp³-hybridized carbons (Fsp3) is 0.250. The molecule has 2 rings (SSSR count).